The Kier molecular flexibility index (Phi) is 5.10. The molecule has 0 aliphatic rings. The molecule has 0 saturated heterocycles. The molecule has 2 rings (SSSR count). The summed E-state index contributed by atoms with van der Waals surface area (Å²) in [5, 5.41) is 20.4. The third kappa shape index (κ3) is 4.54. The monoisotopic (exact) mass is 333 g/mol. The van der Waals surface area contributed by atoms with Crippen molar-refractivity contribution in [1.29, 1.82) is 0 Å². The predicted molar refractivity (Wildman–Crippen MR) is 80.9 cm³/mol. The lowest BCUT2D eigenvalue weighted by molar-refractivity contribution is -0.118. The van der Waals surface area contributed by atoms with Crippen LogP contribution in [-0.2, 0) is 4.79 Å². The van der Waals surface area contributed by atoms with Gasteiger partial charge in [0, 0.05) is 5.69 Å². The van der Waals surface area contributed by atoms with Crippen LogP contribution >= 0.6 is 0 Å². The zero-order valence-corrected chi connectivity index (χ0v) is 12.2. The Balaban J connectivity index is 2.05. The molecule has 3 N–H and O–H groups in total. The first-order valence-electron chi connectivity index (χ1n) is 6.65. The number of carboxylic acids is 2. The molecule has 8 heteroatoms. The number of hydrogen-bond donors (Lipinski definition) is 3. The normalized spacial score (nSPS) is 10.0. The summed E-state index contributed by atoms with van der Waals surface area (Å²) in [6.07, 6.45) is 0. The van der Waals surface area contributed by atoms with Crippen molar-refractivity contribution in [2.24, 2.45) is 0 Å². The van der Waals surface area contributed by atoms with Gasteiger partial charge in [-0.2, -0.15) is 0 Å². The second-order valence-electron chi connectivity index (χ2n) is 4.70. The fourth-order valence-electron chi connectivity index (χ4n) is 1.81. The van der Waals surface area contributed by atoms with Crippen molar-refractivity contribution >= 4 is 23.5 Å². The van der Waals surface area contributed by atoms with E-state index in [0.717, 1.165) is 18.2 Å². The van der Waals surface area contributed by atoms with Crippen molar-refractivity contribution in [1.82, 2.24) is 0 Å². The number of ether oxygens (including phenoxy) is 1. The maximum absolute atomic E-state index is 12.8. The number of amides is 1. The molecular weight excluding hydrogens is 321 g/mol. The first-order chi connectivity index (χ1) is 11.3. The second kappa shape index (κ2) is 7.23. The summed E-state index contributed by atoms with van der Waals surface area (Å²) >= 11 is 0. The van der Waals surface area contributed by atoms with E-state index in [4.69, 9.17) is 14.9 Å². The van der Waals surface area contributed by atoms with E-state index in [2.05, 4.69) is 5.32 Å². The molecule has 0 bridgehead atoms. The molecule has 0 radical (unpaired) electrons. The Morgan fingerprint density at radius 1 is 0.958 bits per heavy atom. The number of hydrogen-bond acceptors (Lipinski definition) is 4. The molecule has 0 heterocycles. The van der Waals surface area contributed by atoms with Crippen molar-refractivity contribution in [2.45, 2.75) is 0 Å². The quantitative estimate of drug-likeness (QED) is 0.747. The van der Waals surface area contributed by atoms with E-state index < -0.39 is 30.3 Å². The maximum atomic E-state index is 12.8. The van der Waals surface area contributed by atoms with Crippen LogP contribution in [0.25, 0.3) is 0 Å². The number of rotatable bonds is 6. The van der Waals surface area contributed by atoms with Crippen molar-refractivity contribution in [3.05, 3.63) is 59.4 Å². The van der Waals surface area contributed by atoms with Crippen LogP contribution in [0.1, 0.15) is 20.7 Å². The average Bonchev–Trinajstić information content (AvgIpc) is 2.54. The highest BCUT2D eigenvalue weighted by Crippen LogP contribution is 2.18. The van der Waals surface area contributed by atoms with Crippen molar-refractivity contribution in [3.63, 3.8) is 0 Å². The third-order valence-electron chi connectivity index (χ3n) is 2.90. The molecule has 124 valence electrons. The number of carbonyl (C=O) groups is 3. The number of aromatic carboxylic acids is 2. The van der Waals surface area contributed by atoms with Gasteiger partial charge in [-0.05, 0) is 42.5 Å². The number of nitrogens with one attached hydrogen (secondary N) is 1. The second-order valence-corrected chi connectivity index (χ2v) is 4.70. The van der Waals surface area contributed by atoms with Gasteiger partial charge in [-0.25, -0.2) is 14.0 Å². The molecule has 7 nitrogen and oxygen atoms in total. The van der Waals surface area contributed by atoms with Gasteiger partial charge in [0.1, 0.15) is 11.6 Å². The van der Waals surface area contributed by atoms with E-state index in [1.807, 2.05) is 0 Å². The fourth-order valence-corrected chi connectivity index (χ4v) is 1.81. The lowest BCUT2D eigenvalue weighted by Crippen LogP contribution is -2.20. The number of anilines is 1. The number of carbonyl (C=O) groups excluding carboxylic acids is 1. The summed E-state index contributed by atoms with van der Waals surface area (Å²) in [6, 6.07) is 8.27. The molecule has 1 amide bonds. The van der Waals surface area contributed by atoms with Gasteiger partial charge in [-0.15, -0.1) is 0 Å². The molecule has 0 aliphatic carbocycles. The van der Waals surface area contributed by atoms with Crippen LogP contribution in [0, 0.1) is 5.82 Å². The third-order valence-corrected chi connectivity index (χ3v) is 2.90. The summed E-state index contributed by atoms with van der Waals surface area (Å²) < 4.78 is 17.9. The Morgan fingerprint density at radius 3 is 2.00 bits per heavy atom. The topological polar surface area (TPSA) is 113 Å². The number of carboxylic acid groups (broad SMARTS) is 2. The Bertz CT molecular complexity index is 755. The molecule has 0 aliphatic heterocycles. The molecule has 2 aromatic rings. The van der Waals surface area contributed by atoms with Crippen LogP contribution in [0.2, 0.25) is 0 Å². The largest absolute Gasteiger partial charge is 0.484 e. The summed E-state index contributed by atoms with van der Waals surface area (Å²) in [5.74, 6) is -3.73. The van der Waals surface area contributed by atoms with Gasteiger partial charge < -0.3 is 20.3 Å². The summed E-state index contributed by atoms with van der Waals surface area (Å²) in [7, 11) is 0. The molecule has 0 fully saturated rings. The SMILES string of the molecule is O=C(COc1cc(C(=O)O)cc(C(=O)O)c1)Nc1ccc(F)cc1. The fraction of sp³-hybridized carbons (Fsp3) is 0.0625. The minimum atomic E-state index is -1.32. The highest BCUT2D eigenvalue weighted by atomic mass is 19.1. The molecule has 0 aromatic heterocycles. The first kappa shape index (κ1) is 16.9. The smallest absolute Gasteiger partial charge is 0.335 e. The first-order valence-corrected chi connectivity index (χ1v) is 6.65. The molecule has 0 unspecified atom stereocenters. The van der Waals surface area contributed by atoms with Gasteiger partial charge in [0.05, 0.1) is 11.1 Å². The van der Waals surface area contributed by atoms with Crippen LogP contribution in [-0.4, -0.2) is 34.7 Å². The minimum absolute atomic E-state index is 0.0680. The molecule has 0 spiro atoms. The standard InChI is InChI=1S/C16H12FNO6/c17-11-1-3-12(4-2-11)18-14(19)8-24-13-6-9(15(20)21)5-10(7-13)16(22)23/h1-7H,8H2,(H,18,19)(H,20,21)(H,22,23). The predicted octanol–water partition coefficient (Wildman–Crippen LogP) is 2.24. The number of benzene rings is 2. The van der Waals surface area contributed by atoms with E-state index in [-0.39, 0.29) is 16.9 Å². The van der Waals surface area contributed by atoms with Gasteiger partial charge in [0.25, 0.3) is 5.91 Å². The van der Waals surface area contributed by atoms with Gasteiger partial charge in [0.2, 0.25) is 0 Å². The summed E-state index contributed by atoms with van der Waals surface area (Å²) in [6.45, 7) is -0.473. The van der Waals surface area contributed by atoms with Crippen LogP contribution in [0.3, 0.4) is 0 Å². The van der Waals surface area contributed by atoms with Gasteiger partial charge in [-0.1, -0.05) is 0 Å². The van der Waals surface area contributed by atoms with Crippen LogP contribution in [0.4, 0.5) is 10.1 Å². The van der Waals surface area contributed by atoms with Crippen molar-refractivity contribution in [2.75, 3.05) is 11.9 Å². The molecule has 24 heavy (non-hydrogen) atoms. The highest BCUT2D eigenvalue weighted by Gasteiger charge is 2.13. The Morgan fingerprint density at radius 2 is 1.50 bits per heavy atom. The summed E-state index contributed by atoms with van der Waals surface area (Å²) in [4.78, 5) is 33.7. The van der Waals surface area contributed by atoms with E-state index in [1.54, 1.807) is 0 Å². The van der Waals surface area contributed by atoms with E-state index in [9.17, 15) is 18.8 Å². The average molecular weight is 333 g/mol. The number of halogens is 1. The maximum Gasteiger partial charge on any atom is 0.335 e. The zero-order valence-electron chi connectivity index (χ0n) is 12.2. The van der Waals surface area contributed by atoms with E-state index >= 15 is 0 Å². The lowest BCUT2D eigenvalue weighted by Gasteiger charge is -2.09. The Labute approximate surface area is 135 Å². The molecule has 2 aromatic carbocycles. The van der Waals surface area contributed by atoms with Gasteiger partial charge >= 0.3 is 11.9 Å². The van der Waals surface area contributed by atoms with E-state index in [0.29, 0.717) is 5.69 Å². The van der Waals surface area contributed by atoms with Crippen molar-refractivity contribution in [3.8, 4) is 5.75 Å². The van der Waals surface area contributed by atoms with Gasteiger partial charge in [0.15, 0.2) is 6.61 Å². The van der Waals surface area contributed by atoms with Crippen LogP contribution < -0.4 is 10.1 Å². The highest BCUT2D eigenvalue weighted by molar-refractivity contribution is 5.95. The molecule has 0 saturated carbocycles. The lowest BCUT2D eigenvalue weighted by atomic mass is 10.1. The van der Waals surface area contributed by atoms with E-state index in [1.165, 1.54) is 24.3 Å². The minimum Gasteiger partial charge on any atom is -0.484 e. The van der Waals surface area contributed by atoms with Crippen LogP contribution in [0.15, 0.2) is 42.5 Å². The van der Waals surface area contributed by atoms with Crippen molar-refractivity contribution < 1.29 is 33.7 Å². The van der Waals surface area contributed by atoms with Crippen LogP contribution in [0.5, 0.6) is 5.75 Å². The zero-order chi connectivity index (χ0) is 17.7. The Hall–Kier alpha value is -3.42. The molecule has 0 atom stereocenters. The van der Waals surface area contributed by atoms with Gasteiger partial charge in [-0.3, -0.25) is 4.79 Å². The summed E-state index contributed by atoms with van der Waals surface area (Å²) in [5.41, 5.74) is -0.191. The molecular formula is C16H12FNO6.